The molecule has 88 valence electrons. The number of hydrogen-bond acceptors (Lipinski definition) is 4. The number of hydrogen-bond donors (Lipinski definition) is 1. The number of anilines is 1. The van der Waals surface area contributed by atoms with Crippen molar-refractivity contribution in [2.75, 3.05) is 5.73 Å². The Morgan fingerprint density at radius 3 is 2.24 bits per heavy atom. The lowest BCUT2D eigenvalue weighted by Crippen LogP contribution is -2.04. The van der Waals surface area contributed by atoms with Crippen molar-refractivity contribution in [1.82, 2.24) is 15.0 Å². The second-order valence-corrected chi connectivity index (χ2v) is 3.84. The zero-order chi connectivity index (χ0) is 12.3. The maximum Gasteiger partial charge on any atom is 0.223 e. The van der Waals surface area contributed by atoms with E-state index < -0.39 is 0 Å². The van der Waals surface area contributed by atoms with E-state index >= 15 is 0 Å². The average molecular weight is 228 g/mol. The number of nitrogen functional groups attached to an aromatic ring is 1. The van der Waals surface area contributed by atoms with Crippen molar-refractivity contribution in [2.45, 2.75) is 26.7 Å². The summed E-state index contributed by atoms with van der Waals surface area (Å²) < 4.78 is 0. The highest BCUT2D eigenvalue weighted by atomic mass is 15.1. The molecule has 2 aromatic rings. The predicted octanol–water partition coefficient (Wildman–Crippen LogP) is 2.25. The molecular weight excluding hydrogens is 212 g/mol. The summed E-state index contributed by atoms with van der Waals surface area (Å²) in [6.45, 7) is 4.13. The van der Waals surface area contributed by atoms with Gasteiger partial charge in [-0.25, -0.2) is 4.98 Å². The Balaban J connectivity index is 2.41. The minimum Gasteiger partial charge on any atom is -0.368 e. The van der Waals surface area contributed by atoms with Gasteiger partial charge in [-0.15, -0.1) is 0 Å². The lowest BCUT2D eigenvalue weighted by Gasteiger charge is -2.04. The highest BCUT2D eigenvalue weighted by molar-refractivity contribution is 5.56. The first-order valence-corrected chi connectivity index (χ1v) is 5.82. The first-order valence-electron chi connectivity index (χ1n) is 5.82. The lowest BCUT2D eigenvalue weighted by molar-refractivity contribution is 0.913. The molecule has 0 radical (unpaired) electrons. The van der Waals surface area contributed by atoms with E-state index in [1.165, 1.54) is 5.56 Å². The Bertz CT molecular complexity index is 505. The van der Waals surface area contributed by atoms with Gasteiger partial charge in [0.25, 0.3) is 0 Å². The van der Waals surface area contributed by atoms with Crippen molar-refractivity contribution in [2.24, 2.45) is 0 Å². The van der Waals surface area contributed by atoms with Crippen LogP contribution in [0.4, 0.5) is 5.95 Å². The van der Waals surface area contributed by atoms with E-state index in [9.17, 15) is 0 Å². The molecule has 0 unspecified atom stereocenters. The van der Waals surface area contributed by atoms with Crippen LogP contribution in [0.3, 0.4) is 0 Å². The number of rotatable bonds is 3. The van der Waals surface area contributed by atoms with Gasteiger partial charge in [-0.2, -0.15) is 9.97 Å². The molecule has 0 aliphatic rings. The van der Waals surface area contributed by atoms with Gasteiger partial charge >= 0.3 is 0 Å². The molecule has 0 bridgehead atoms. The Hall–Kier alpha value is -1.97. The Kier molecular flexibility index (Phi) is 3.32. The van der Waals surface area contributed by atoms with Crippen LogP contribution in [0.2, 0.25) is 0 Å². The third-order valence-electron chi connectivity index (χ3n) is 2.64. The highest BCUT2D eigenvalue weighted by Crippen LogP contribution is 2.16. The zero-order valence-electron chi connectivity index (χ0n) is 10.1. The van der Waals surface area contributed by atoms with E-state index in [1.54, 1.807) is 0 Å². The van der Waals surface area contributed by atoms with E-state index in [0.717, 1.165) is 24.2 Å². The summed E-state index contributed by atoms with van der Waals surface area (Å²) in [7, 11) is 0. The smallest absolute Gasteiger partial charge is 0.223 e. The summed E-state index contributed by atoms with van der Waals surface area (Å²) in [6.07, 6.45) is 1.78. The first kappa shape index (κ1) is 11.5. The summed E-state index contributed by atoms with van der Waals surface area (Å²) >= 11 is 0. The van der Waals surface area contributed by atoms with Crippen LogP contribution in [0.1, 0.15) is 25.2 Å². The first-order chi connectivity index (χ1) is 8.22. The number of aryl methyl sites for hydroxylation is 2. The molecule has 0 saturated carbocycles. The van der Waals surface area contributed by atoms with Crippen LogP contribution >= 0.6 is 0 Å². The minimum absolute atomic E-state index is 0.284. The molecule has 0 aliphatic heterocycles. The van der Waals surface area contributed by atoms with E-state index in [2.05, 4.69) is 34.0 Å². The van der Waals surface area contributed by atoms with Gasteiger partial charge in [0.1, 0.15) is 5.82 Å². The van der Waals surface area contributed by atoms with Crippen molar-refractivity contribution in [3.63, 3.8) is 0 Å². The molecule has 2 N–H and O–H groups in total. The summed E-state index contributed by atoms with van der Waals surface area (Å²) in [4.78, 5) is 12.6. The van der Waals surface area contributed by atoms with Gasteiger partial charge in [0, 0.05) is 12.0 Å². The maximum absolute atomic E-state index is 5.67. The van der Waals surface area contributed by atoms with Gasteiger partial charge < -0.3 is 5.73 Å². The molecule has 0 atom stereocenters. The molecule has 17 heavy (non-hydrogen) atoms. The third kappa shape index (κ3) is 2.58. The minimum atomic E-state index is 0.284. The fraction of sp³-hybridized carbons (Fsp3) is 0.308. The van der Waals surface area contributed by atoms with E-state index in [0.29, 0.717) is 5.82 Å². The second kappa shape index (κ2) is 4.91. The lowest BCUT2D eigenvalue weighted by atomic mass is 10.1. The zero-order valence-corrected chi connectivity index (χ0v) is 10.1. The van der Waals surface area contributed by atoms with Crippen LogP contribution in [0.25, 0.3) is 11.4 Å². The molecule has 2 rings (SSSR count). The molecule has 0 fully saturated rings. The Morgan fingerprint density at radius 1 is 0.941 bits per heavy atom. The van der Waals surface area contributed by atoms with Crippen molar-refractivity contribution in [3.05, 3.63) is 35.7 Å². The SMILES string of the molecule is CCc1ccc(-c2nc(N)nc(CC)n2)cc1. The van der Waals surface area contributed by atoms with Gasteiger partial charge in [-0.05, 0) is 12.0 Å². The fourth-order valence-electron chi connectivity index (χ4n) is 1.61. The molecule has 1 aromatic carbocycles. The number of aromatic nitrogens is 3. The van der Waals surface area contributed by atoms with Crippen LogP contribution < -0.4 is 5.73 Å². The number of nitrogens with zero attached hydrogens (tertiary/aromatic N) is 3. The molecule has 4 nitrogen and oxygen atoms in total. The van der Waals surface area contributed by atoms with Crippen LogP contribution in [0, 0.1) is 0 Å². The monoisotopic (exact) mass is 228 g/mol. The van der Waals surface area contributed by atoms with Crippen LogP contribution in [0.15, 0.2) is 24.3 Å². The van der Waals surface area contributed by atoms with Gasteiger partial charge in [-0.1, -0.05) is 38.1 Å². The van der Waals surface area contributed by atoms with Crippen molar-refractivity contribution < 1.29 is 0 Å². The van der Waals surface area contributed by atoms with Crippen LogP contribution in [0.5, 0.6) is 0 Å². The molecule has 0 saturated heterocycles. The van der Waals surface area contributed by atoms with Crippen LogP contribution in [-0.4, -0.2) is 15.0 Å². The number of nitrogens with two attached hydrogens (primary N) is 1. The molecule has 0 spiro atoms. The van der Waals surface area contributed by atoms with Gasteiger partial charge in [-0.3, -0.25) is 0 Å². The molecular formula is C13H16N4. The second-order valence-electron chi connectivity index (χ2n) is 3.84. The predicted molar refractivity (Wildman–Crippen MR) is 68.4 cm³/mol. The standard InChI is InChI=1S/C13H16N4/c1-3-9-5-7-10(8-6-9)12-15-11(4-2)16-13(14)17-12/h5-8H,3-4H2,1-2H3,(H2,14,15,16,17). The van der Waals surface area contributed by atoms with Gasteiger partial charge in [0.2, 0.25) is 5.95 Å². The molecule has 1 heterocycles. The molecule has 4 heteroatoms. The summed E-state index contributed by atoms with van der Waals surface area (Å²) in [5.74, 6) is 1.66. The van der Waals surface area contributed by atoms with Gasteiger partial charge in [0.15, 0.2) is 5.82 Å². The highest BCUT2D eigenvalue weighted by Gasteiger charge is 2.05. The summed E-state index contributed by atoms with van der Waals surface area (Å²) in [5, 5.41) is 0. The normalized spacial score (nSPS) is 10.5. The largest absolute Gasteiger partial charge is 0.368 e. The molecule has 1 aromatic heterocycles. The topological polar surface area (TPSA) is 64.7 Å². The number of benzene rings is 1. The average Bonchev–Trinajstić information content (AvgIpc) is 2.38. The maximum atomic E-state index is 5.67. The summed E-state index contributed by atoms with van der Waals surface area (Å²) in [6, 6.07) is 8.21. The van der Waals surface area contributed by atoms with Crippen molar-refractivity contribution in [1.29, 1.82) is 0 Å². The van der Waals surface area contributed by atoms with Crippen molar-refractivity contribution >= 4 is 5.95 Å². The Labute approximate surface area is 101 Å². The summed E-state index contributed by atoms with van der Waals surface area (Å²) in [5.41, 5.74) is 7.94. The van der Waals surface area contributed by atoms with E-state index in [4.69, 9.17) is 5.73 Å². The van der Waals surface area contributed by atoms with E-state index in [-0.39, 0.29) is 5.95 Å². The quantitative estimate of drug-likeness (QED) is 0.875. The molecule has 0 amide bonds. The Morgan fingerprint density at radius 2 is 1.65 bits per heavy atom. The fourth-order valence-corrected chi connectivity index (χ4v) is 1.61. The van der Waals surface area contributed by atoms with Crippen LogP contribution in [-0.2, 0) is 12.8 Å². The molecule has 0 aliphatic carbocycles. The van der Waals surface area contributed by atoms with E-state index in [1.807, 2.05) is 19.1 Å². The third-order valence-corrected chi connectivity index (χ3v) is 2.64. The van der Waals surface area contributed by atoms with Crippen molar-refractivity contribution in [3.8, 4) is 11.4 Å². The van der Waals surface area contributed by atoms with Gasteiger partial charge in [0.05, 0.1) is 0 Å².